The van der Waals surface area contributed by atoms with Crippen LogP contribution in [0, 0.1) is 0 Å². The number of rotatable bonds is 0. The van der Waals surface area contributed by atoms with Crippen LogP contribution in [0.3, 0.4) is 0 Å². The van der Waals surface area contributed by atoms with Crippen LogP contribution in [-0.4, -0.2) is 22.9 Å². The van der Waals surface area contributed by atoms with Crippen molar-refractivity contribution in [2.75, 3.05) is 0 Å². The lowest BCUT2D eigenvalue weighted by molar-refractivity contribution is -0.145. The fraction of sp³-hybridized carbons (Fsp3) is 0.833. The lowest BCUT2D eigenvalue weighted by Gasteiger charge is -2.43. The molecule has 0 bridgehead atoms. The van der Waals surface area contributed by atoms with Crippen LogP contribution >= 0.6 is 0 Å². The smallest absolute Gasteiger partial charge is 0.246 e. The minimum atomic E-state index is -0.432. The number of carbonyl (C=O) groups is 2. The number of piperazine rings is 1. The van der Waals surface area contributed by atoms with Crippen LogP contribution in [0.5, 0.6) is 0 Å². The molecule has 4 heteroatoms. The predicted molar refractivity (Wildman–Crippen MR) is 58.7 cm³/mol. The normalized spacial score (nSPS) is 31.2. The first-order valence-electron chi connectivity index (χ1n) is 6.32. The van der Waals surface area contributed by atoms with Crippen molar-refractivity contribution in [1.29, 1.82) is 0 Å². The Balaban J connectivity index is 1.92. The summed E-state index contributed by atoms with van der Waals surface area (Å²) in [5.41, 5.74) is -0.865. The van der Waals surface area contributed by atoms with Crippen LogP contribution in [0.4, 0.5) is 0 Å². The molecule has 1 heterocycles. The molecule has 16 heavy (non-hydrogen) atoms. The van der Waals surface area contributed by atoms with Crippen molar-refractivity contribution in [2.45, 2.75) is 62.4 Å². The maximum Gasteiger partial charge on any atom is 0.246 e. The lowest BCUT2D eigenvalue weighted by Crippen LogP contribution is -2.74. The Hall–Kier alpha value is -0.900. The Morgan fingerprint density at radius 1 is 0.750 bits per heavy atom. The van der Waals surface area contributed by atoms with Crippen molar-refractivity contribution in [2.24, 2.45) is 0 Å². The maximum atomic E-state index is 12.0. The summed E-state index contributed by atoms with van der Waals surface area (Å²) in [6.07, 6.45) is 7.88. The second kappa shape index (κ2) is 3.29. The number of carbonyl (C=O) groups excluding carboxylic acids is 2. The Bertz CT molecular complexity index is 307. The van der Waals surface area contributed by atoms with E-state index in [2.05, 4.69) is 10.6 Å². The number of nitrogens with one attached hydrogen (secondary N) is 2. The van der Waals surface area contributed by atoms with E-state index < -0.39 is 11.1 Å². The average Bonchev–Trinajstić information content (AvgIpc) is 2.87. The monoisotopic (exact) mass is 222 g/mol. The van der Waals surface area contributed by atoms with E-state index in [1.807, 2.05) is 0 Å². The summed E-state index contributed by atoms with van der Waals surface area (Å²) in [5.74, 6) is -0.181. The van der Waals surface area contributed by atoms with E-state index in [0.717, 1.165) is 51.4 Å². The summed E-state index contributed by atoms with van der Waals surface area (Å²) in [6.45, 7) is 0. The molecule has 3 fully saturated rings. The van der Waals surface area contributed by atoms with Crippen molar-refractivity contribution >= 4 is 11.8 Å². The van der Waals surface area contributed by atoms with Gasteiger partial charge in [0.05, 0.1) is 11.1 Å². The molecule has 2 saturated carbocycles. The zero-order valence-corrected chi connectivity index (χ0v) is 9.47. The van der Waals surface area contributed by atoms with Gasteiger partial charge in [-0.15, -0.1) is 0 Å². The number of imide groups is 1. The summed E-state index contributed by atoms with van der Waals surface area (Å²) in [6, 6.07) is 0. The van der Waals surface area contributed by atoms with E-state index >= 15 is 0 Å². The molecule has 3 rings (SSSR count). The van der Waals surface area contributed by atoms with E-state index in [9.17, 15) is 9.59 Å². The molecule has 2 aliphatic carbocycles. The quantitative estimate of drug-likeness (QED) is 0.598. The Labute approximate surface area is 95.2 Å². The largest absolute Gasteiger partial charge is 0.293 e. The second-order valence-electron chi connectivity index (χ2n) is 5.49. The van der Waals surface area contributed by atoms with Gasteiger partial charge in [0, 0.05) is 0 Å². The van der Waals surface area contributed by atoms with Gasteiger partial charge in [-0.1, -0.05) is 25.7 Å². The van der Waals surface area contributed by atoms with E-state index in [0.29, 0.717) is 0 Å². The van der Waals surface area contributed by atoms with Crippen LogP contribution < -0.4 is 10.6 Å². The van der Waals surface area contributed by atoms with Gasteiger partial charge >= 0.3 is 0 Å². The third-order valence-electron chi connectivity index (χ3n) is 4.49. The van der Waals surface area contributed by atoms with Gasteiger partial charge in [-0.3, -0.25) is 20.2 Å². The predicted octanol–water partition coefficient (Wildman–Crippen LogP) is 0.858. The van der Waals surface area contributed by atoms with E-state index in [-0.39, 0.29) is 11.8 Å². The van der Waals surface area contributed by atoms with Crippen molar-refractivity contribution in [1.82, 2.24) is 10.6 Å². The molecule has 0 atom stereocenters. The highest BCUT2D eigenvalue weighted by molar-refractivity contribution is 6.07. The van der Waals surface area contributed by atoms with Crippen LogP contribution in [0.1, 0.15) is 51.4 Å². The van der Waals surface area contributed by atoms with Gasteiger partial charge in [0.25, 0.3) is 0 Å². The summed E-state index contributed by atoms with van der Waals surface area (Å²) in [4.78, 5) is 23.9. The van der Waals surface area contributed by atoms with Gasteiger partial charge in [0.1, 0.15) is 0 Å². The fourth-order valence-corrected chi connectivity index (χ4v) is 3.58. The zero-order valence-electron chi connectivity index (χ0n) is 9.47. The number of hydrogen-bond donors (Lipinski definition) is 2. The molecule has 4 nitrogen and oxygen atoms in total. The molecule has 2 N–H and O–H groups in total. The fourth-order valence-electron chi connectivity index (χ4n) is 3.58. The molecule has 2 amide bonds. The molecule has 2 spiro atoms. The summed E-state index contributed by atoms with van der Waals surface area (Å²) in [5, 5.41) is 6.05. The molecule has 0 aromatic rings. The molecule has 0 aromatic heterocycles. The summed E-state index contributed by atoms with van der Waals surface area (Å²) >= 11 is 0. The van der Waals surface area contributed by atoms with Crippen molar-refractivity contribution in [3.63, 3.8) is 0 Å². The zero-order chi connectivity index (χ0) is 11.2. The third-order valence-corrected chi connectivity index (χ3v) is 4.49. The van der Waals surface area contributed by atoms with E-state index in [4.69, 9.17) is 0 Å². The van der Waals surface area contributed by atoms with Gasteiger partial charge in [-0.05, 0) is 25.7 Å². The van der Waals surface area contributed by atoms with Gasteiger partial charge in [-0.25, -0.2) is 0 Å². The van der Waals surface area contributed by atoms with Gasteiger partial charge in [0.15, 0.2) is 0 Å². The molecular weight excluding hydrogens is 204 g/mol. The van der Waals surface area contributed by atoms with Gasteiger partial charge < -0.3 is 0 Å². The SMILES string of the molecule is O=C1NC(=O)C2(CCCC2)NC12CCCC2. The van der Waals surface area contributed by atoms with Crippen LogP contribution in [0.15, 0.2) is 0 Å². The van der Waals surface area contributed by atoms with Crippen molar-refractivity contribution in [3.05, 3.63) is 0 Å². The van der Waals surface area contributed by atoms with E-state index in [1.165, 1.54) is 0 Å². The van der Waals surface area contributed by atoms with Gasteiger partial charge in [-0.2, -0.15) is 0 Å². The number of hydrogen-bond acceptors (Lipinski definition) is 3. The molecule has 1 aliphatic heterocycles. The summed E-state index contributed by atoms with van der Waals surface area (Å²) in [7, 11) is 0. The van der Waals surface area contributed by atoms with Gasteiger partial charge in [0.2, 0.25) is 11.8 Å². The van der Waals surface area contributed by atoms with Crippen LogP contribution in [0.2, 0.25) is 0 Å². The Morgan fingerprint density at radius 3 is 1.50 bits per heavy atom. The highest BCUT2D eigenvalue weighted by atomic mass is 16.2. The lowest BCUT2D eigenvalue weighted by atomic mass is 9.84. The molecule has 0 radical (unpaired) electrons. The van der Waals surface area contributed by atoms with E-state index in [1.54, 1.807) is 0 Å². The van der Waals surface area contributed by atoms with Crippen LogP contribution in [-0.2, 0) is 9.59 Å². The first-order valence-corrected chi connectivity index (χ1v) is 6.32. The minimum absolute atomic E-state index is 0.0903. The molecule has 1 saturated heterocycles. The van der Waals surface area contributed by atoms with Crippen LogP contribution in [0.25, 0.3) is 0 Å². The highest BCUT2D eigenvalue weighted by Crippen LogP contribution is 2.40. The Kier molecular flexibility index (Phi) is 2.11. The van der Waals surface area contributed by atoms with Crippen molar-refractivity contribution < 1.29 is 9.59 Å². The maximum absolute atomic E-state index is 12.0. The topological polar surface area (TPSA) is 58.2 Å². The first-order chi connectivity index (χ1) is 7.67. The third kappa shape index (κ3) is 1.25. The number of amides is 2. The standard InChI is InChI=1S/C12H18N2O2/c15-9-11(5-1-2-6-11)14-12(10(16)13-9)7-3-4-8-12/h14H,1-8H2,(H,13,15,16). The first kappa shape index (κ1) is 10.3. The molecule has 0 aromatic carbocycles. The minimum Gasteiger partial charge on any atom is -0.293 e. The molecule has 3 aliphatic rings. The molecule has 88 valence electrons. The second-order valence-corrected chi connectivity index (χ2v) is 5.49. The molecular formula is C12H18N2O2. The summed E-state index contributed by atoms with van der Waals surface area (Å²) < 4.78 is 0. The Morgan fingerprint density at radius 2 is 1.12 bits per heavy atom. The molecule has 0 unspecified atom stereocenters. The average molecular weight is 222 g/mol. The highest BCUT2D eigenvalue weighted by Gasteiger charge is 2.55. The van der Waals surface area contributed by atoms with Crippen molar-refractivity contribution in [3.8, 4) is 0 Å².